The van der Waals surface area contributed by atoms with E-state index in [1.165, 1.54) is 77.0 Å². The fourth-order valence-corrected chi connectivity index (χ4v) is 4.92. The molecule has 8 nitrogen and oxygen atoms in total. The van der Waals surface area contributed by atoms with Gasteiger partial charge in [-0.2, -0.15) is 0 Å². The van der Waals surface area contributed by atoms with E-state index in [0.717, 1.165) is 32.1 Å². The van der Waals surface area contributed by atoms with Crippen molar-refractivity contribution in [2.75, 3.05) is 54.1 Å². The molecule has 0 fully saturated rings. The number of allylic oxidation sites excluding steroid dienone is 2. The van der Waals surface area contributed by atoms with E-state index in [2.05, 4.69) is 26.0 Å². The molecule has 0 heterocycles. The quantitative estimate of drug-likeness (QED) is 0.0289. The molecule has 0 aliphatic rings. The average Bonchev–Trinajstić information content (AvgIpc) is 2.90. The molecule has 2 atom stereocenters. The highest BCUT2D eigenvalue weighted by atomic mass is 31.2. The molecule has 0 saturated carbocycles. The van der Waals surface area contributed by atoms with Gasteiger partial charge in [-0.3, -0.25) is 13.8 Å². The first kappa shape index (κ1) is 40.2. The standard InChI is InChI=1S/C32H64NO7P/c1-6-8-10-12-14-15-16-17-18-20-22-24-27-37-29-31(30-39-41(35,36)38-28-26-33(3,4)5)40-32(34)25-23-21-19-13-11-9-7-2/h12,14,31H,6-11,13,15-30H2,1-5H3/p+1/b14-12-. The van der Waals surface area contributed by atoms with E-state index >= 15 is 0 Å². The van der Waals surface area contributed by atoms with Crippen LogP contribution >= 0.6 is 7.82 Å². The third-order valence-electron chi connectivity index (χ3n) is 6.83. The average molecular weight is 607 g/mol. The van der Waals surface area contributed by atoms with E-state index in [9.17, 15) is 14.3 Å². The van der Waals surface area contributed by atoms with Gasteiger partial charge in [0.15, 0.2) is 0 Å². The van der Waals surface area contributed by atoms with Crippen molar-refractivity contribution in [1.82, 2.24) is 0 Å². The van der Waals surface area contributed by atoms with Crippen molar-refractivity contribution in [2.45, 2.75) is 136 Å². The summed E-state index contributed by atoms with van der Waals surface area (Å²) in [5.41, 5.74) is 0. The van der Waals surface area contributed by atoms with Crippen LogP contribution in [0.5, 0.6) is 0 Å². The normalized spacial score (nSPS) is 14.4. The molecule has 0 bridgehead atoms. The second-order valence-corrected chi connectivity index (χ2v) is 13.6. The van der Waals surface area contributed by atoms with Gasteiger partial charge in [-0.05, 0) is 32.1 Å². The number of likely N-dealkylation sites (N-methyl/N-ethyl adjacent to an activating group) is 1. The third-order valence-corrected chi connectivity index (χ3v) is 7.81. The molecule has 0 aliphatic heterocycles. The molecular formula is C32H65NO7P+. The maximum atomic E-state index is 12.4. The number of rotatable bonds is 30. The largest absolute Gasteiger partial charge is 0.472 e. The molecule has 0 aromatic rings. The molecule has 2 unspecified atom stereocenters. The van der Waals surface area contributed by atoms with Crippen LogP contribution in [0, 0.1) is 0 Å². The van der Waals surface area contributed by atoms with Gasteiger partial charge < -0.3 is 18.9 Å². The number of esters is 1. The highest BCUT2D eigenvalue weighted by molar-refractivity contribution is 7.47. The molecule has 0 saturated heterocycles. The highest BCUT2D eigenvalue weighted by Crippen LogP contribution is 2.43. The second-order valence-electron chi connectivity index (χ2n) is 12.2. The van der Waals surface area contributed by atoms with Crippen molar-refractivity contribution in [3.05, 3.63) is 12.2 Å². The number of hydrogen-bond donors (Lipinski definition) is 1. The SMILES string of the molecule is CCCC/C=C\CCCCCCCCOCC(COP(=O)(O)OCC[N+](C)(C)C)OC(=O)CCCCCCCCC. The Hall–Kier alpha value is -0.760. The first-order valence-electron chi connectivity index (χ1n) is 16.4. The zero-order valence-corrected chi connectivity index (χ0v) is 28.2. The van der Waals surface area contributed by atoms with Crippen LogP contribution in [-0.4, -0.2) is 75.6 Å². The van der Waals surface area contributed by atoms with Gasteiger partial charge in [0.25, 0.3) is 0 Å². The number of ether oxygens (including phenoxy) is 2. The van der Waals surface area contributed by atoms with Crippen LogP contribution in [-0.2, 0) is 27.9 Å². The lowest BCUT2D eigenvalue weighted by molar-refractivity contribution is -0.870. The first-order chi connectivity index (χ1) is 19.6. The molecule has 41 heavy (non-hydrogen) atoms. The van der Waals surface area contributed by atoms with Crippen molar-refractivity contribution in [3.8, 4) is 0 Å². The van der Waals surface area contributed by atoms with E-state index in [4.69, 9.17) is 18.5 Å². The maximum absolute atomic E-state index is 12.4. The summed E-state index contributed by atoms with van der Waals surface area (Å²) in [5.74, 6) is -0.324. The van der Waals surface area contributed by atoms with Gasteiger partial charge in [-0.25, -0.2) is 4.57 Å². The summed E-state index contributed by atoms with van der Waals surface area (Å²) in [6.07, 6.45) is 23.9. The van der Waals surface area contributed by atoms with E-state index in [-0.39, 0.29) is 25.8 Å². The van der Waals surface area contributed by atoms with Gasteiger partial charge in [0.2, 0.25) is 0 Å². The van der Waals surface area contributed by atoms with E-state index in [0.29, 0.717) is 24.1 Å². The Morgan fingerprint density at radius 2 is 1.29 bits per heavy atom. The molecule has 0 aromatic heterocycles. The van der Waals surface area contributed by atoms with Crippen molar-refractivity contribution in [3.63, 3.8) is 0 Å². The van der Waals surface area contributed by atoms with Gasteiger partial charge in [-0.15, -0.1) is 0 Å². The van der Waals surface area contributed by atoms with Crippen molar-refractivity contribution < 1.29 is 37.3 Å². The molecule has 0 rings (SSSR count). The minimum atomic E-state index is -4.25. The molecular weight excluding hydrogens is 541 g/mol. The Morgan fingerprint density at radius 1 is 0.732 bits per heavy atom. The summed E-state index contributed by atoms with van der Waals surface area (Å²) >= 11 is 0. The van der Waals surface area contributed by atoms with Crippen LogP contribution in [0.4, 0.5) is 0 Å². The summed E-state index contributed by atoms with van der Waals surface area (Å²) < 4.78 is 34.6. The fourth-order valence-electron chi connectivity index (χ4n) is 4.18. The predicted molar refractivity (Wildman–Crippen MR) is 169 cm³/mol. The molecule has 0 amide bonds. The van der Waals surface area contributed by atoms with Crippen molar-refractivity contribution >= 4 is 13.8 Å². The first-order valence-corrected chi connectivity index (χ1v) is 17.9. The van der Waals surface area contributed by atoms with Gasteiger partial charge in [-0.1, -0.05) is 103 Å². The number of nitrogens with zero attached hydrogens (tertiary/aromatic N) is 1. The van der Waals surface area contributed by atoms with Gasteiger partial charge >= 0.3 is 13.8 Å². The highest BCUT2D eigenvalue weighted by Gasteiger charge is 2.26. The van der Waals surface area contributed by atoms with Crippen LogP contribution in [0.1, 0.15) is 129 Å². The lowest BCUT2D eigenvalue weighted by atomic mass is 10.1. The maximum Gasteiger partial charge on any atom is 0.472 e. The van der Waals surface area contributed by atoms with E-state index in [1.54, 1.807) is 0 Å². The Bertz CT molecular complexity index is 681. The number of carbonyl (C=O) groups is 1. The van der Waals surface area contributed by atoms with Gasteiger partial charge in [0, 0.05) is 13.0 Å². The van der Waals surface area contributed by atoms with Crippen LogP contribution in [0.2, 0.25) is 0 Å². The lowest BCUT2D eigenvalue weighted by Gasteiger charge is -2.24. The Balaban J connectivity index is 4.33. The van der Waals surface area contributed by atoms with Crippen LogP contribution < -0.4 is 0 Å². The Morgan fingerprint density at radius 3 is 1.93 bits per heavy atom. The number of unbranched alkanes of at least 4 members (excludes halogenated alkanes) is 14. The van der Waals surface area contributed by atoms with Crippen molar-refractivity contribution in [1.29, 1.82) is 0 Å². The second kappa shape index (κ2) is 26.8. The molecule has 0 radical (unpaired) electrons. The molecule has 1 N–H and O–H groups in total. The van der Waals surface area contributed by atoms with Crippen LogP contribution in [0.25, 0.3) is 0 Å². The van der Waals surface area contributed by atoms with Gasteiger partial charge in [0.05, 0.1) is 34.4 Å². The number of phosphoric ester groups is 1. The molecule has 244 valence electrons. The van der Waals surface area contributed by atoms with Crippen molar-refractivity contribution in [2.24, 2.45) is 0 Å². The Kier molecular flexibility index (Phi) is 26.3. The van der Waals surface area contributed by atoms with E-state index in [1.807, 2.05) is 21.1 Å². The number of hydrogen-bond acceptors (Lipinski definition) is 6. The molecule has 9 heteroatoms. The lowest BCUT2D eigenvalue weighted by Crippen LogP contribution is -2.37. The zero-order valence-electron chi connectivity index (χ0n) is 27.3. The molecule has 0 aromatic carbocycles. The number of quaternary nitrogens is 1. The zero-order chi connectivity index (χ0) is 30.7. The minimum Gasteiger partial charge on any atom is -0.457 e. The summed E-state index contributed by atoms with van der Waals surface area (Å²) in [4.78, 5) is 22.5. The van der Waals surface area contributed by atoms with E-state index < -0.39 is 13.9 Å². The Labute approximate surface area is 252 Å². The predicted octanol–water partition coefficient (Wildman–Crippen LogP) is 8.37. The summed E-state index contributed by atoms with van der Waals surface area (Å²) in [7, 11) is 1.66. The fraction of sp³-hybridized carbons (Fsp3) is 0.906. The number of carbonyl (C=O) groups excluding carboxylic acids is 1. The van der Waals surface area contributed by atoms with Crippen LogP contribution in [0.15, 0.2) is 12.2 Å². The van der Waals surface area contributed by atoms with Crippen LogP contribution in [0.3, 0.4) is 0 Å². The summed E-state index contributed by atoms with van der Waals surface area (Å²) in [6.45, 7) is 5.52. The minimum absolute atomic E-state index is 0.0894. The molecule has 0 aliphatic carbocycles. The summed E-state index contributed by atoms with van der Waals surface area (Å²) in [6, 6.07) is 0. The smallest absolute Gasteiger partial charge is 0.457 e. The third kappa shape index (κ3) is 30.5. The summed E-state index contributed by atoms with van der Waals surface area (Å²) in [5, 5.41) is 0. The number of phosphoric acid groups is 1. The van der Waals surface area contributed by atoms with Gasteiger partial charge in [0.1, 0.15) is 19.3 Å². The monoisotopic (exact) mass is 606 g/mol. The topological polar surface area (TPSA) is 91.3 Å². The molecule has 0 spiro atoms.